The second kappa shape index (κ2) is 10.2. The molecule has 0 radical (unpaired) electrons. The van der Waals surface area contributed by atoms with Gasteiger partial charge in [0.2, 0.25) is 0 Å². The molecule has 0 spiro atoms. The molecule has 0 aliphatic heterocycles. The average Bonchev–Trinajstić information content (AvgIpc) is 2.43. The molecule has 2 nitrogen and oxygen atoms in total. The summed E-state index contributed by atoms with van der Waals surface area (Å²) in [4.78, 5) is 0. The Labute approximate surface area is 122 Å². The summed E-state index contributed by atoms with van der Waals surface area (Å²) < 4.78 is 5.68. The summed E-state index contributed by atoms with van der Waals surface area (Å²) in [7, 11) is 0. The molecule has 0 aliphatic rings. The smallest absolute Gasteiger partial charge is 0.0472 e. The predicted octanol–water partition coefficient (Wildman–Crippen LogP) is 4.24. The summed E-state index contributed by atoms with van der Waals surface area (Å²) in [5.41, 5.74) is 1.23. The van der Waals surface area contributed by atoms with E-state index in [0.717, 1.165) is 44.2 Å². The molecule has 0 saturated carbocycles. The van der Waals surface area contributed by atoms with Crippen molar-refractivity contribution in [3.8, 4) is 0 Å². The van der Waals surface area contributed by atoms with Crippen molar-refractivity contribution < 1.29 is 4.74 Å². The molecule has 1 rings (SSSR count). The van der Waals surface area contributed by atoms with Crippen LogP contribution in [0.5, 0.6) is 0 Å². The Hall–Kier alpha value is -0.570. The van der Waals surface area contributed by atoms with Crippen LogP contribution in [0.15, 0.2) is 24.3 Å². The van der Waals surface area contributed by atoms with Crippen LogP contribution in [-0.2, 0) is 4.74 Å². The van der Waals surface area contributed by atoms with Gasteiger partial charge in [0.1, 0.15) is 0 Å². The van der Waals surface area contributed by atoms with Crippen LogP contribution in [0, 0.1) is 0 Å². The van der Waals surface area contributed by atoms with Crippen LogP contribution < -0.4 is 5.32 Å². The molecule has 19 heavy (non-hydrogen) atoms. The number of hydrogen-bond donors (Lipinski definition) is 1. The number of nitrogens with one attached hydrogen (secondary N) is 1. The van der Waals surface area contributed by atoms with E-state index in [2.05, 4.69) is 31.3 Å². The van der Waals surface area contributed by atoms with Gasteiger partial charge in [-0.2, -0.15) is 0 Å². The molecule has 0 saturated heterocycles. The molecule has 1 unspecified atom stereocenters. The maximum Gasteiger partial charge on any atom is 0.0472 e. The minimum absolute atomic E-state index is 0.426. The summed E-state index contributed by atoms with van der Waals surface area (Å²) in [5.74, 6) is 0.426. The van der Waals surface area contributed by atoms with Crippen LogP contribution in [0.2, 0.25) is 5.02 Å². The molecule has 1 N–H and O–H groups in total. The Morgan fingerprint density at radius 3 is 2.68 bits per heavy atom. The van der Waals surface area contributed by atoms with Gasteiger partial charge in [0, 0.05) is 24.8 Å². The summed E-state index contributed by atoms with van der Waals surface area (Å²) in [5, 5.41) is 4.27. The molecule has 1 atom stereocenters. The van der Waals surface area contributed by atoms with Gasteiger partial charge in [0.05, 0.1) is 0 Å². The van der Waals surface area contributed by atoms with E-state index in [9.17, 15) is 0 Å². The van der Waals surface area contributed by atoms with Gasteiger partial charge >= 0.3 is 0 Å². The Bertz CT molecular complexity index is 343. The fraction of sp³-hybridized carbons (Fsp3) is 0.625. The number of rotatable bonds is 10. The largest absolute Gasteiger partial charge is 0.381 e. The zero-order chi connectivity index (χ0) is 13.9. The lowest BCUT2D eigenvalue weighted by Gasteiger charge is -2.19. The van der Waals surface area contributed by atoms with Crippen LogP contribution in [0.4, 0.5) is 0 Å². The number of benzene rings is 1. The first-order valence-electron chi connectivity index (χ1n) is 7.32. The fourth-order valence-corrected chi connectivity index (χ4v) is 2.36. The molecule has 0 aliphatic carbocycles. The molecule has 0 aromatic heterocycles. The number of hydrogen-bond acceptors (Lipinski definition) is 2. The fourth-order valence-electron chi connectivity index (χ4n) is 2.07. The molecule has 108 valence electrons. The van der Waals surface area contributed by atoms with Gasteiger partial charge in [-0.25, -0.2) is 0 Å². The van der Waals surface area contributed by atoms with Gasteiger partial charge < -0.3 is 10.1 Å². The topological polar surface area (TPSA) is 21.3 Å². The minimum atomic E-state index is 0.426. The third kappa shape index (κ3) is 6.42. The Morgan fingerprint density at radius 2 is 2.00 bits per heavy atom. The van der Waals surface area contributed by atoms with Crippen LogP contribution in [-0.4, -0.2) is 26.3 Å². The first-order chi connectivity index (χ1) is 9.29. The van der Waals surface area contributed by atoms with E-state index in [1.807, 2.05) is 12.1 Å². The van der Waals surface area contributed by atoms with E-state index in [1.54, 1.807) is 0 Å². The van der Waals surface area contributed by atoms with E-state index in [4.69, 9.17) is 16.3 Å². The van der Waals surface area contributed by atoms with E-state index < -0.39 is 0 Å². The van der Waals surface area contributed by atoms with Gasteiger partial charge in [0.25, 0.3) is 0 Å². The van der Waals surface area contributed by atoms with Gasteiger partial charge in [-0.3, -0.25) is 0 Å². The van der Waals surface area contributed by atoms with Crippen molar-refractivity contribution in [2.75, 3.05) is 26.3 Å². The highest BCUT2D eigenvalue weighted by Gasteiger charge is 2.13. The Balaban J connectivity index is 2.49. The Kier molecular flexibility index (Phi) is 8.89. The van der Waals surface area contributed by atoms with Crippen molar-refractivity contribution in [1.29, 1.82) is 0 Å². The lowest BCUT2D eigenvalue weighted by molar-refractivity contribution is 0.124. The third-order valence-electron chi connectivity index (χ3n) is 3.24. The SMILES string of the molecule is CCCCOCCC(CNCC)c1ccccc1Cl. The van der Waals surface area contributed by atoms with Gasteiger partial charge in [-0.05, 0) is 36.9 Å². The molecule has 0 amide bonds. The summed E-state index contributed by atoms with van der Waals surface area (Å²) in [6, 6.07) is 8.12. The van der Waals surface area contributed by atoms with Crippen molar-refractivity contribution in [3.63, 3.8) is 0 Å². The molecular formula is C16H26ClNO. The van der Waals surface area contributed by atoms with E-state index in [-0.39, 0.29) is 0 Å². The molecule has 0 fully saturated rings. The van der Waals surface area contributed by atoms with Gasteiger partial charge in [-0.1, -0.05) is 50.1 Å². The number of halogens is 1. The second-order valence-electron chi connectivity index (χ2n) is 4.78. The van der Waals surface area contributed by atoms with Crippen LogP contribution >= 0.6 is 11.6 Å². The number of unbranched alkanes of at least 4 members (excludes halogenated alkanes) is 1. The maximum absolute atomic E-state index is 6.29. The maximum atomic E-state index is 6.29. The molecule has 3 heteroatoms. The van der Waals surface area contributed by atoms with E-state index in [1.165, 1.54) is 12.0 Å². The first-order valence-corrected chi connectivity index (χ1v) is 7.70. The highest BCUT2D eigenvalue weighted by molar-refractivity contribution is 6.31. The summed E-state index contributed by atoms with van der Waals surface area (Å²) in [6.07, 6.45) is 3.34. The normalized spacial score (nSPS) is 12.6. The minimum Gasteiger partial charge on any atom is -0.381 e. The molecule has 0 bridgehead atoms. The number of ether oxygens (including phenoxy) is 1. The van der Waals surface area contributed by atoms with Crippen LogP contribution in [0.3, 0.4) is 0 Å². The van der Waals surface area contributed by atoms with E-state index >= 15 is 0 Å². The van der Waals surface area contributed by atoms with Crippen LogP contribution in [0.1, 0.15) is 44.6 Å². The zero-order valence-electron chi connectivity index (χ0n) is 12.1. The van der Waals surface area contributed by atoms with E-state index in [0.29, 0.717) is 5.92 Å². The van der Waals surface area contributed by atoms with Gasteiger partial charge in [-0.15, -0.1) is 0 Å². The van der Waals surface area contributed by atoms with Crippen LogP contribution in [0.25, 0.3) is 0 Å². The van der Waals surface area contributed by atoms with Crippen molar-refractivity contribution in [2.45, 2.75) is 39.0 Å². The van der Waals surface area contributed by atoms with Gasteiger partial charge in [0.15, 0.2) is 0 Å². The Morgan fingerprint density at radius 1 is 1.21 bits per heavy atom. The third-order valence-corrected chi connectivity index (χ3v) is 3.58. The zero-order valence-corrected chi connectivity index (χ0v) is 12.9. The predicted molar refractivity (Wildman–Crippen MR) is 83.1 cm³/mol. The quantitative estimate of drug-likeness (QED) is 0.649. The van der Waals surface area contributed by atoms with Crippen molar-refractivity contribution >= 4 is 11.6 Å². The summed E-state index contributed by atoms with van der Waals surface area (Å²) in [6.45, 7) is 7.92. The monoisotopic (exact) mass is 283 g/mol. The molecule has 1 aromatic carbocycles. The average molecular weight is 284 g/mol. The molecular weight excluding hydrogens is 258 g/mol. The lowest BCUT2D eigenvalue weighted by Crippen LogP contribution is -2.22. The summed E-state index contributed by atoms with van der Waals surface area (Å²) >= 11 is 6.29. The van der Waals surface area contributed by atoms with Crippen molar-refractivity contribution in [2.24, 2.45) is 0 Å². The second-order valence-corrected chi connectivity index (χ2v) is 5.19. The highest BCUT2D eigenvalue weighted by atomic mass is 35.5. The highest BCUT2D eigenvalue weighted by Crippen LogP contribution is 2.26. The molecule has 1 aromatic rings. The number of likely N-dealkylation sites (N-methyl/N-ethyl adjacent to an activating group) is 1. The first kappa shape index (κ1) is 16.5. The standard InChI is InChI=1S/C16H26ClNO/c1-3-5-11-19-12-10-14(13-18-4-2)15-8-6-7-9-16(15)17/h6-9,14,18H,3-5,10-13H2,1-2H3. The van der Waals surface area contributed by atoms with Crippen molar-refractivity contribution in [3.05, 3.63) is 34.9 Å². The van der Waals surface area contributed by atoms with Crippen molar-refractivity contribution in [1.82, 2.24) is 5.32 Å². The lowest BCUT2D eigenvalue weighted by atomic mass is 9.96. The molecule has 0 heterocycles.